The van der Waals surface area contributed by atoms with Gasteiger partial charge in [-0.2, -0.15) is 0 Å². The molecule has 0 aliphatic heterocycles. The number of para-hydroxylation sites is 3. The Hall–Kier alpha value is -6.64. The van der Waals surface area contributed by atoms with E-state index < -0.39 is 0 Å². The molecule has 0 saturated heterocycles. The average Bonchev–Trinajstić information content (AvgIpc) is 3.83. The van der Waals surface area contributed by atoms with Crippen LogP contribution < -0.4 is 26.0 Å². The molecular weight excluding hydrogens is 775 g/mol. The molecule has 0 N–H and O–H groups in total. The summed E-state index contributed by atoms with van der Waals surface area (Å²) in [6.45, 7) is 2.40. The fraction of sp³-hybridized carbons (Fsp3) is 0.226. The van der Waals surface area contributed by atoms with Gasteiger partial charge in [0.05, 0.1) is 6.04 Å². The molecule has 0 bridgehead atoms. The molecule has 7 aliphatic rings. The van der Waals surface area contributed by atoms with Crippen molar-refractivity contribution >= 4 is 46.1 Å². The Morgan fingerprint density at radius 1 is 0.562 bits per heavy atom. The van der Waals surface area contributed by atoms with Crippen molar-refractivity contribution in [1.82, 2.24) is 0 Å². The molecule has 4 fully saturated rings. The molecule has 6 unspecified atom stereocenters. The first kappa shape index (κ1) is 35.8. The van der Waals surface area contributed by atoms with Crippen LogP contribution in [0.25, 0.3) is 68.2 Å². The number of benzene rings is 7. The van der Waals surface area contributed by atoms with Gasteiger partial charge < -0.3 is 9.32 Å². The summed E-state index contributed by atoms with van der Waals surface area (Å²) in [5.41, 5.74) is 19.2. The number of anilines is 2. The summed E-state index contributed by atoms with van der Waals surface area (Å²) < 4.78 is 6.72. The van der Waals surface area contributed by atoms with Crippen molar-refractivity contribution in [2.75, 3.05) is 4.90 Å². The Morgan fingerprint density at radius 3 is 2.08 bits per heavy atom. The van der Waals surface area contributed by atoms with Gasteiger partial charge in [0.15, 0.2) is 0 Å². The normalized spacial score (nSPS) is 27.9. The van der Waals surface area contributed by atoms with Crippen LogP contribution in [0.5, 0.6) is 0 Å². The Morgan fingerprint density at radius 2 is 1.25 bits per heavy atom. The molecule has 15 rings (SSSR count). The molecule has 0 radical (unpaired) electrons. The van der Waals surface area contributed by atoms with E-state index in [1.165, 1.54) is 96.2 Å². The van der Waals surface area contributed by atoms with Crippen LogP contribution in [-0.2, 0) is 5.41 Å². The van der Waals surface area contributed by atoms with Gasteiger partial charge in [-0.1, -0.05) is 159 Å². The van der Waals surface area contributed by atoms with Crippen molar-refractivity contribution < 1.29 is 4.42 Å². The third-order valence-electron chi connectivity index (χ3n) is 17.9. The first-order chi connectivity index (χ1) is 31.6. The van der Waals surface area contributed by atoms with Gasteiger partial charge in [-0.3, -0.25) is 0 Å². The predicted octanol–water partition coefficient (Wildman–Crippen LogP) is 11.9. The SMILES string of the molecule is CC1C=c2c(oc3ccccc23)=CC1N(c1ccccc1C1=c2c(-c3ccccc3)cccc2=CCC1)c1ccccc1-c1ccc2c(c1)C1(c3ccccc3-2)C2CC3CC4CC1C342. The molecule has 2 spiro atoms. The largest absolute Gasteiger partial charge is 0.456 e. The quantitative estimate of drug-likeness (QED) is 0.166. The second kappa shape index (κ2) is 12.8. The van der Waals surface area contributed by atoms with Crippen molar-refractivity contribution in [1.29, 1.82) is 0 Å². The number of hydrogen-bond acceptors (Lipinski definition) is 2. The number of hydrogen-bond donors (Lipinski definition) is 0. The minimum Gasteiger partial charge on any atom is -0.456 e. The third kappa shape index (κ3) is 4.33. The Bertz CT molecular complexity index is 3550. The first-order valence-electron chi connectivity index (χ1n) is 24.0. The van der Waals surface area contributed by atoms with Crippen molar-refractivity contribution in [2.24, 2.45) is 35.0 Å². The fourth-order valence-electron chi connectivity index (χ4n) is 15.5. The Labute approximate surface area is 374 Å². The van der Waals surface area contributed by atoms with Gasteiger partial charge in [0.1, 0.15) is 11.0 Å². The number of fused-ring (bicyclic) bond motifs is 11. The number of furan rings is 1. The van der Waals surface area contributed by atoms with Crippen LogP contribution in [0, 0.1) is 35.0 Å². The zero-order valence-corrected chi connectivity index (χ0v) is 36.2. The van der Waals surface area contributed by atoms with Crippen molar-refractivity contribution in [3.8, 4) is 33.4 Å². The molecule has 7 aromatic carbocycles. The van der Waals surface area contributed by atoms with Crippen molar-refractivity contribution in [3.63, 3.8) is 0 Å². The van der Waals surface area contributed by atoms with Gasteiger partial charge in [0.2, 0.25) is 0 Å². The summed E-state index contributed by atoms with van der Waals surface area (Å²) in [6, 6.07) is 62.0. The molecule has 1 heterocycles. The highest BCUT2D eigenvalue weighted by Gasteiger charge is 2.90. The van der Waals surface area contributed by atoms with E-state index in [0.717, 1.165) is 47.5 Å². The van der Waals surface area contributed by atoms with Crippen LogP contribution >= 0.6 is 0 Å². The number of nitrogens with zero attached hydrogens (tertiary/aromatic N) is 1. The standard InChI is InChI=1S/C62H49NO/c1-37-31-50-48-22-8-12-28-56(48)64-57(50)36-55(37)63(54-27-11-7-21-47(54)49-24-14-18-39-17-13-23-44(60(39)49)38-15-3-2-4-16-38)53-26-10-6-19-43(53)40-29-30-46-45-20-5-9-25-51(45)62(52(46)32-40)58-34-41-33-42-35-59(62)61(41,42)58/h2-13,15-23,25-32,36-37,41-42,55,58-59H,14,24,33-35H2,1H3. The minimum absolute atomic E-state index is 0.0103. The highest BCUT2D eigenvalue weighted by Crippen LogP contribution is 2.94. The molecule has 308 valence electrons. The van der Waals surface area contributed by atoms with Crippen LogP contribution in [0.3, 0.4) is 0 Å². The lowest BCUT2D eigenvalue weighted by Crippen LogP contribution is -2.88. The molecule has 1 aromatic heterocycles. The second-order valence-corrected chi connectivity index (χ2v) is 20.2. The molecule has 4 saturated carbocycles. The van der Waals surface area contributed by atoms with Crippen LogP contribution in [0.15, 0.2) is 168 Å². The summed E-state index contributed by atoms with van der Waals surface area (Å²) in [5.74, 6) is 3.73. The van der Waals surface area contributed by atoms with E-state index >= 15 is 0 Å². The van der Waals surface area contributed by atoms with E-state index in [1.54, 1.807) is 11.1 Å². The van der Waals surface area contributed by atoms with Gasteiger partial charge in [-0.05, 0) is 152 Å². The van der Waals surface area contributed by atoms with Gasteiger partial charge in [0, 0.05) is 38.5 Å². The summed E-state index contributed by atoms with van der Waals surface area (Å²) in [4.78, 5) is 2.69. The fourth-order valence-corrected chi connectivity index (χ4v) is 15.5. The van der Waals surface area contributed by atoms with E-state index in [-0.39, 0.29) is 17.4 Å². The summed E-state index contributed by atoms with van der Waals surface area (Å²) in [5, 5.41) is 5.08. The second-order valence-electron chi connectivity index (χ2n) is 20.2. The molecule has 7 aliphatic carbocycles. The van der Waals surface area contributed by atoms with E-state index in [2.05, 4.69) is 194 Å². The predicted molar refractivity (Wildman–Crippen MR) is 262 cm³/mol. The maximum atomic E-state index is 6.72. The van der Waals surface area contributed by atoms with E-state index in [0.29, 0.717) is 5.41 Å². The number of rotatable bonds is 6. The molecule has 2 nitrogen and oxygen atoms in total. The summed E-state index contributed by atoms with van der Waals surface area (Å²) in [6.07, 6.45) is 13.6. The van der Waals surface area contributed by atoms with Gasteiger partial charge in [-0.15, -0.1) is 0 Å². The van der Waals surface area contributed by atoms with Crippen molar-refractivity contribution in [2.45, 2.75) is 50.5 Å². The molecule has 64 heavy (non-hydrogen) atoms. The summed E-state index contributed by atoms with van der Waals surface area (Å²) in [7, 11) is 0. The average molecular weight is 824 g/mol. The minimum atomic E-state index is -0.0103. The third-order valence-corrected chi connectivity index (χ3v) is 17.9. The van der Waals surface area contributed by atoms with Crippen LogP contribution in [0.1, 0.15) is 55.7 Å². The Kier molecular flexibility index (Phi) is 7.13. The van der Waals surface area contributed by atoms with Gasteiger partial charge in [-0.25, -0.2) is 0 Å². The maximum Gasteiger partial charge on any atom is 0.135 e. The Balaban J connectivity index is 0.961. The van der Waals surface area contributed by atoms with E-state index in [4.69, 9.17) is 4.42 Å². The van der Waals surface area contributed by atoms with Crippen LogP contribution in [0.2, 0.25) is 0 Å². The molecule has 0 amide bonds. The molecule has 2 heteroatoms. The topological polar surface area (TPSA) is 16.4 Å². The highest BCUT2D eigenvalue weighted by molar-refractivity contribution is 5.93. The molecular formula is C62H49NO. The summed E-state index contributed by atoms with van der Waals surface area (Å²) >= 11 is 0. The van der Waals surface area contributed by atoms with E-state index in [9.17, 15) is 0 Å². The highest BCUT2D eigenvalue weighted by atomic mass is 16.3. The zero-order chi connectivity index (χ0) is 41.9. The monoisotopic (exact) mass is 823 g/mol. The van der Waals surface area contributed by atoms with Crippen LogP contribution in [-0.4, -0.2) is 6.04 Å². The molecule has 8 aromatic rings. The first-order valence-corrected chi connectivity index (χ1v) is 24.0. The lowest BCUT2D eigenvalue weighted by Gasteiger charge is -2.92. The lowest BCUT2D eigenvalue weighted by atomic mass is 9.11. The van der Waals surface area contributed by atoms with E-state index in [1.807, 2.05) is 0 Å². The van der Waals surface area contributed by atoms with Gasteiger partial charge in [0.25, 0.3) is 0 Å². The zero-order valence-electron chi connectivity index (χ0n) is 36.2. The van der Waals surface area contributed by atoms with Gasteiger partial charge >= 0.3 is 0 Å². The smallest absolute Gasteiger partial charge is 0.135 e. The lowest BCUT2D eigenvalue weighted by molar-refractivity contribution is -0.412. The van der Waals surface area contributed by atoms with Crippen molar-refractivity contribution in [3.05, 3.63) is 202 Å². The molecule has 6 atom stereocenters. The maximum absolute atomic E-state index is 6.72. The van der Waals surface area contributed by atoms with Crippen LogP contribution in [0.4, 0.5) is 11.4 Å².